The predicted octanol–water partition coefficient (Wildman–Crippen LogP) is 2.81. The third-order valence-electron chi connectivity index (χ3n) is 4.59. The highest BCUT2D eigenvalue weighted by Crippen LogP contribution is 2.41. The lowest BCUT2D eigenvalue weighted by Crippen LogP contribution is -2.62. The molecular weight excluding hydrogens is 302 g/mol. The number of piperazine rings is 1. The molecule has 1 saturated carbocycles. The quantitative estimate of drug-likeness (QED) is 0.927. The van der Waals surface area contributed by atoms with E-state index in [1.165, 1.54) is 12.8 Å². The largest absolute Gasteiger partial charge is 0.308 e. The average molecular weight is 324 g/mol. The Kier molecular flexibility index (Phi) is 3.67. The van der Waals surface area contributed by atoms with Crippen LogP contribution in [0.3, 0.4) is 0 Å². The maximum Gasteiger partial charge on any atom is 0.0544 e. The van der Waals surface area contributed by atoms with Crippen LogP contribution in [0.1, 0.15) is 32.4 Å². The summed E-state index contributed by atoms with van der Waals surface area (Å²) in [6.45, 7) is 7.87. The normalized spacial score (nSPS) is 32.5. The first-order chi connectivity index (χ1) is 9.07. The summed E-state index contributed by atoms with van der Waals surface area (Å²) in [5, 5.41) is 3.76. The standard InChI is InChI=1S/C15H22BrN3/c1-11-7-18-15(2,12-3-4-12)10-19(11)9-14-6-5-13(16)8-17-14/h5-6,8,11-12,18H,3-4,7,9-10H2,1-2H3. The molecule has 1 aliphatic carbocycles. The van der Waals surface area contributed by atoms with E-state index in [1.54, 1.807) is 0 Å². The summed E-state index contributed by atoms with van der Waals surface area (Å²) >= 11 is 3.44. The van der Waals surface area contributed by atoms with Crippen molar-refractivity contribution in [1.29, 1.82) is 0 Å². The van der Waals surface area contributed by atoms with Crippen LogP contribution >= 0.6 is 15.9 Å². The van der Waals surface area contributed by atoms with Gasteiger partial charge >= 0.3 is 0 Å². The van der Waals surface area contributed by atoms with Gasteiger partial charge < -0.3 is 5.32 Å². The second-order valence-corrected chi connectivity index (χ2v) is 7.21. The lowest BCUT2D eigenvalue weighted by Gasteiger charge is -2.45. The van der Waals surface area contributed by atoms with Crippen LogP contribution in [0.4, 0.5) is 0 Å². The first kappa shape index (κ1) is 13.5. The molecule has 3 nitrogen and oxygen atoms in total. The van der Waals surface area contributed by atoms with Crippen LogP contribution in [0.25, 0.3) is 0 Å². The van der Waals surface area contributed by atoms with Crippen LogP contribution in [-0.4, -0.2) is 34.6 Å². The van der Waals surface area contributed by atoms with Gasteiger partial charge in [-0.2, -0.15) is 0 Å². The summed E-state index contributed by atoms with van der Waals surface area (Å²) in [7, 11) is 0. The smallest absolute Gasteiger partial charge is 0.0544 e. The third-order valence-corrected chi connectivity index (χ3v) is 5.06. The van der Waals surface area contributed by atoms with E-state index < -0.39 is 0 Å². The summed E-state index contributed by atoms with van der Waals surface area (Å²) < 4.78 is 1.05. The van der Waals surface area contributed by atoms with Crippen molar-refractivity contribution in [2.75, 3.05) is 13.1 Å². The minimum absolute atomic E-state index is 0.307. The van der Waals surface area contributed by atoms with E-state index in [-0.39, 0.29) is 0 Å². The minimum atomic E-state index is 0.307. The summed E-state index contributed by atoms with van der Waals surface area (Å²) in [6, 6.07) is 4.78. The SMILES string of the molecule is CC1CNC(C)(C2CC2)CN1Cc1ccc(Br)cn1. The molecular formula is C15H22BrN3. The van der Waals surface area contributed by atoms with Crippen molar-refractivity contribution in [1.82, 2.24) is 15.2 Å². The molecule has 2 heterocycles. The van der Waals surface area contributed by atoms with Crippen molar-refractivity contribution in [3.05, 3.63) is 28.5 Å². The number of nitrogens with one attached hydrogen (secondary N) is 1. The van der Waals surface area contributed by atoms with Crippen molar-refractivity contribution in [2.24, 2.45) is 5.92 Å². The molecule has 2 unspecified atom stereocenters. The van der Waals surface area contributed by atoms with E-state index in [1.807, 2.05) is 6.20 Å². The highest BCUT2D eigenvalue weighted by atomic mass is 79.9. The first-order valence-corrected chi connectivity index (χ1v) is 7.96. The van der Waals surface area contributed by atoms with Crippen LogP contribution in [0.5, 0.6) is 0 Å². The van der Waals surface area contributed by atoms with E-state index in [0.717, 1.165) is 35.7 Å². The average Bonchev–Trinajstić information content (AvgIpc) is 3.21. The zero-order chi connectivity index (χ0) is 13.5. The molecule has 0 aromatic carbocycles. The van der Waals surface area contributed by atoms with Gasteiger partial charge in [0.2, 0.25) is 0 Å². The number of halogens is 1. The van der Waals surface area contributed by atoms with Crippen LogP contribution in [0.15, 0.2) is 22.8 Å². The monoisotopic (exact) mass is 323 g/mol. The Morgan fingerprint density at radius 2 is 2.26 bits per heavy atom. The number of aromatic nitrogens is 1. The van der Waals surface area contributed by atoms with Crippen molar-refractivity contribution in [2.45, 2.75) is 44.8 Å². The second kappa shape index (κ2) is 5.15. The molecule has 19 heavy (non-hydrogen) atoms. The van der Waals surface area contributed by atoms with Crippen molar-refractivity contribution < 1.29 is 0 Å². The van der Waals surface area contributed by atoms with Crippen molar-refractivity contribution in [3.63, 3.8) is 0 Å². The number of hydrogen-bond acceptors (Lipinski definition) is 3. The fraction of sp³-hybridized carbons (Fsp3) is 0.667. The van der Waals surface area contributed by atoms with Crippen LogP contribution in [0, 0.1) is 5.92 Å². The van der Waals surface area contributed by atoms with Crippen LogP contribution in [-0.2, 0) is 6.54 Å². The third kappa shape index (κ3) is 3.01. The maximum absolute atomic E-state index is 4.51. The Balaban J connectivity index is 1.69. The molecule has 2 fully saturated rings. The van der Waals surface area contributed by atoms with Gasteiger partial charge in [-0.25, -0.2) is 0 Å². The van der Waals surface area contributed by atoms with Crippen LogP contribution in [0.2, 0.25) is 0 Å². The highest BCUT2D eigenvalue weighted by Gasteiger charge is 2.45. The fourth-order valence-electron chi connectivity index (χ4n) is 3.06. The van der Waals surface area contributed by atoms with Crippen molar-refractivity contribution >= 4 is 15.9 Å². The van der Waals surface area contributed by atoms with Gasteiger partial charge in [-0.05, 0) is 60.7 Å². The molecule has 1 aliphatic heterocycles. The molecule has 2 aliphatic rings. The minimum Gasteiger partial charge on any atom is -0.308 e. The molecule has 0 radical (unpaired) electrons. The molecule has 4 heteroatoms. The first-order valence-electron chi connectivity index (χ1n) is 7.16. The van der Waals surface area contributed by atoms with Gasteiger partial charge in [0.15, 0.2) is 0 Å². The van der Waals surface area contributed by atoms with E-state index in [9.17, 15) is 0 Å². The van der Waals surface area contributed by atoms with E-state index >= 15 is 0 Å². The summed E-state index contributed by atoms with van der Waals surface area (Å²) in [4.78, 5) is 7.08. The molecule has 0 spiro atoms. The summed E-state index contributed by atoms with van der Waals surface area (Å²) in [5.41, 5.74) is 1.47. The fourth-order valence-corrected chi connectivity index (χ4v) is 3.29. The highest BCUT2D eigenvalue weighted by molar-refractivity contribution is 9.10. The zero-order valence-corrected chi connectivity index (χ0v) is 13.3. The molecule has 2 atom stereocenters. The van der Waals surface area contributed by atoms with Gasteiger partial charge in [0.1, 0.15) is 0 Å². The zero-order valence-electron chi connectivity index (χ0n) is 11.7. The molecule has 1 saturated heterocycles. The topological polar surface area (TPSA) is 28.2 Å². The Bertz CT molecular complexity index is 443. The molecule has 1 aromatic heterocycles. The predicted molar refractivity (Wildman–Crippen MR) is 80.9 cm³/mol. The Morgan fingerprint density at radius 1 is 1.47 bits per heavy atom. The number of pyridine rings is 1. The van der Waals surface area contributed by atoms with Gasteiger partial charge in [0.25, 0.3) is 0 Å². The molecule has 1 aromatic rings. The molecule has 0 bridgehead atoms. The van der Waals surface area contributed by atoms with E-state index in [0.29, 0.717) is 11.6 Å². The number of rotatable bonds is 3. The molecule has 3 rings (SSSR count). The lowest BCUT2D eigenvalue weighted by molar-refractivity contribution is 0.0760. The van der Waals surface area contributed by atoms with Gasteiger partial charge in [-0.15, -0.1) is 0 Å². The van der Waals surface area contributed by atoms with Gasteiger partial charge in [0, 0.05) is 41.9 Å². The van der Waals surface area contributed by atoms with E-state index in [2.05, 4.69) is 57.1 Å². The Labute approximate surface area is 123 Å². The summed E-state index contributed by atoms with van der Waals surface area (Å²) in [5.74, 6) is 0.875. The lowest BCUT2D eigenvalue weighted by atomic mass is 9.91. The molecule has 1 N–H and O–H groups in total. The molecule has 104 valence electrons. The number of hydrogen-bond donors (Lipinski definition) is 1. The van der Waals surface area contributed by atoms with Gasteiger partial charge in [-0.3, -0.25) is 9.88 Å². The number of nitrogens with zero attached hydrogens (tertiary/aromatic N) is 2. The van der Waals surface area contributed by atoms with Crippen molar-refractivity contribution in [3.8, 4) is 0 Å². The van der Waals surface area contributed by atoms with E-state index in [4.69, 9.17) is 0 Å². The van der Waals surface area contributed by atoms with Crippen LogP contribution < -0.4 is 5.32 Å². The van der Waals surface area contributed by atoms with Gasteiger partial charge in [-0.1, -0.05) is 0 Å². The second-order valence-electron chi connectivity index (χ2n) is 6.29. The van der Waals surface area contributed by atoms with Gasteiger partial charge in [0.05, 0.1) is 5.69 Å². The molecule has 0 amide bonds. The Morgan fingerprint density at radius 3 is 2.89 bits per heavy atom. The summed E-state index contributed by atoms with van der Waals surface area (Å²) in [6.07, 6.45) is 4.67. The maximum atomic E-state index is 4.51. The Hall–Kier alpha value is -0.450.